The zero-order valence-electron chi connectivity index (χ0n) is 31.0. The van der Waals surface area contributed by atoms with Gasteiger partial charge in [-0.05, 0) is 58.1 Å². The average molecular weight is 762 g/mol. The fourth-order valence-corrected chi connectivity index (χ4v) is 11.0. The number of para-hydroxylation sites is 2. The molecular weight excluding hydrogens is 727 g/mol. The number of fused-ring (bicyclic) bond motifs is 6. The number of benzene rings is 9. The third-order valence-corrected chi connectivity index (χ3v) is 13.6. The van der Waals surface area contributed by atoms with Crippen LogP contribution in [0, 0.1) is 0 Å². The predicted molar refractivity (Wildman–Crippen MR) is 249 cm³/mol. The molecule has 0 aliphatic heterocycles. The van der Waals surface area contributed by atoms with Crippen molar-refractivity contribution in [3.8, 4) is 44.5 Å². The molecule has 1 nitrogen and oxygen atoms in total. The molecule has 0 aliphatic carbocycles. The lowest BCUT2D eigenvalue weighted by Crippen LogP contribution is -2.12. The summed E-state index contributed by atoms with van der Waals surface area (Å²) < 4.78 is 5.18. The normalized spacial score (nSPS) is 11.5. The van der Waals surface area contributed by atoms with Crippen LogP contribution in [0.2, 0.25) is 0 Å². The van der Waals surface area contributed by atoms with Gasteiger partial charge in [-0.15, -0.1) is 22.7 Å². The van der Waals surface area contributed by atoms with Gasteiger partial charge in [0.05, 0.1) is 21.8 Å². The van der Waals surface area contributed by atoms with Crippen LogP contribution in [0.1, 0.15) is 0 Å². The topological polar surface area (TPSA) is 3.24 Å². The first kappa shape index (κ1) is 33.5. The van der Waals surface area contributed by atoms with Gasteiger partial charge in [-0.25, -0.2) is 0 Å². The molecule has 9 aromatic carbocycles. The van der Waals surface area contributed by atoms with E-state index in [0.29, 0.717) is 0 Å². The van der Waals surface area contributed by atoms with Crippen molar-refractivity contribution in [2.45, 2.75) is 0 Å². The molecular formula is C54H35NS2. The summed E-state index contributed by atoms with van der Waals surface area (Å²) in [5.74, 6) is 0. The van der Waals surface area contributed by atoms with Crippen molar-refractivity contribution in [2.24, 2.45) is 0 Å². The van der Waals surface area contributed by atoms with Crippen LogP contribution in [0.25, 0.3) is 84.9 Å². The highest BCUT2D eigenvalue weighted by Gasteiger charge is 2.25. The third-order valence-electron chi connectivity index (χ3n) is 11.1. The third kappa shape index (κ3) is 5.66. The molecule has 0 atom stereocenters. The summed E-state index contributed by atoms with van der Waals surface area (Å²) in [6.07, 6.45) is 0. The molecule has 0 spiro atoms. The van der Waals surface area contributed by atoms with E-state index in [-0.39, 0.29) is 0 Å². The van der Waals surface area contributed by atoms with Crippen LogP contribution in [0.4, 0.5) is 17.1 Å². The average Bonchev–Trinajstić information content (AvgIpc) is 3.87. The molecule has 0 unspecified atom stereocenters. The molecule has 3 heteroatoms. The first-order valence-corrected chi connectivity index (χ1v) is 21.0. The van der Waals surface area contributed by atoms with Crippen LogP contribution in [0.15, 0.2) is 212 Å². The fraction of sp³-hybridized carbons (Fsp3) is 0. The van der Waals surface area contributed by atoms with Gasteiger partial charge in [-0.3, -0.25) is 0 Å². The molecule has 0 bridgehead atoms. The Kier molecular flexibility index (Phi) is 8.28. The largest absolute Gasteiger partial charge is 0.308 e. The lowest BCUT2D eigenvalue weighted by Gasteiger charge is -2.31. The first-order chi connectivity index (χ1) is 28.3. The highest BCUT2D eigenvalue weighted by molar-refractivity contribution is 7.26. The van der Waals surface area contributed by atoms with E-state index in [2.05, 4.69) is 217 Å². The smallest absolute Gasteiger partial charge is 0.0640 e. The summed E-state index contributed by atoms with van der Waals surface area (Å²) in [5.41, 5.74) is 13.1. The lowest BCUT2D eigenvalue weighted by atomic mass is 9.88. The van der Waals surface area contributed by atoms with E-state index in [9.17, 15) is 0 Å². The van der Waals surface area contributed by atoms with Crippen LogP contribution >= 0.6 is 22.7 Å². The Morgan fingerprint density at radius 3 is 1.28 bits per heavy atom. The van der Waals surface area contributed by atoms with E-state index < -0.39 is 0 Å². The molecule has 0 fully saturated rings. The maximum Gasteiger partial charge on any atom is 0.0640 e. The van der Waals surface area contributed by atoms with Crippen molar-refractivity contribution < 1.29 is 0 Å². The fourth-order valence-electron chi connectivity index (χ4n) is 8.59. The van der Waals surface area contributed by atoms with E-state index in [1.807, 2.05) is 22.7 Å². The highest BCUT2D eigenvalue weighted by atomic mass is 32.1. The highest BCUT2D eigenvalue weighted by Crippen LogP contribution is 2.52. The van der Waals surface area contributed by atoms with E-state index in [1.54, 1.807) is 0 Å². The number of anilines is 3. The molecule has 11 rings (SSSR count). The molecule has 2 heterocycles. The van der Waals surface area contributed by atoms with Gasteiger partial charge < -0.3 is 4.90 Å². The molecule has 57 heavy (non-hydrogen) atoms. The zero-order valence-corrected chi connectivity index (χ0v) is 32.6. The molecule has 0 saturated carbocycles. The number of hydrogen-bond acceptors (Lipinski definition) is 3. The van der Waals surface area contributed by atoms with Gasteiger partial charge >= 0.3 is 0 Å². The van der Waals surface area contributed by atoms with Crippen LogP contribution in [0.3, 0.4) is 0 Å². The molecule has 11 aromatic rings. The monoisotopic (exact) mass is 761 g/mol. The molecule has 2 aromatic heterocycles. The predicted octanol–water partition coefficient (Wildman–Crippen LogP) is 16.6. The number of nitrogens with zero attached hydrogens (tertiary/aromatic N) is 1. The number of thiophene rings is 2. The molecule has 0 amide bonds. The zero-order chi connectivity index (χ0) is 37.7. The van der Waals surface area contributed by atoms with Crippen LogP contribution < -0.4 is 4.90 Å². The second-order valence-corrected chi connectivity index (χ2v) is 16.5. The van der Waals surface area contributed by atoms with Crippen LogP contribution in [-0.4, -0.2) is 0 Å². The van der Waals surface area contributed by atoms with Gasteiger partial charge in [-0.1, -0.05) is 182 Å². The van der Waals surface area contributed by atoms with Crippen molar-refractivity contribution in [3.05, 3.63) is 212 Å². The number of rotatable bonds is 7. The SMILES string of the molecule is c1ccc(-c2ccccc2-c2ccccc2-c2ccccc2N(c2ccccc2-c2cccc3c2sc2ccccc23)c2cccc3c2sc2ccccc23)cc1. The molecule has 0 N–H and O–H groups in total. The number of hydrogen-bond donors (Lipinski definition) is 0. The maximum atomic E-state index is 2.54. The van der Waals surface area contributed by atoms with Crippen molar-refractivity contribution in [2.75, 3.05) is 4.90 Å². The quantitative estimate of drug-likeness (QED) is 0.156. The minimum Gasteiger partial charge on any atom is -0.308 e. The maximum absolute atomic E-state index is 2.54. The molecule has 268 valence electrons. The van der Waals surface area contributed by atoms with Gasteiger partial charge in [0, 0.05) is 52.3 Å². The Bertz CT molecular complexity index is 3260. The molecule has 0 radical (unpaired) electrons. The second kappa shape index (κ2) is 14.1. The van der Waals surface area contributed by atoms with Crippen molar-refractivity contribution in [1.82, 2.24) is 0 Å². The van der Waals surface area contributed by atoms with Crippen molar-refractivity contribution in [3.63, 3.8) is 0 Å². The van der Waals surface area contributed by atoms with Gasteiger partial charge in [-0.2, -0.15) is 0 Å². The Morgan fingerprint density at radius 2 is 0.632 bits per heavy atom. The first-order valence-electron chi connectivity index (χ1n) is 19.4. The minimum atomic E-state index is 1.13. The van der Waals surface area contributed by atoms with Gasteiger partial charge in [0.25, 0.3) is 0 Å². The molecule has 0 aliphatic rings. The summed E-state index contributed by atoms with van der Waals surface area (Å²) in [6, 6.07) is 77.6. The van der Waals surface area contributed by atoms with Gasteiger partial charge in [0.2, 0.25) is 0 Å². The van der Waals surface area contributed by atoms with E-state index in [1.165, 1.54) is 90.5 Å². The Hall–Kier alpha value is -6.78. The summed E-state index contributed by atoms with van der Waals surface area (Å²) in [4.78, 5) is 2.54. The minimum absolute atomic E-state index is 1.13. The summed E-state index contributed by atoms with van der Waals surface area (Å²) >= 11 is 3.76. The Balaban J connectivity index is 1.20. The van der Waals surface area contributed by atoms with Gasteiger partial charge in [0.15, 0.2) is 0 Å². The van der Waals surface area contributed by atoms with E-state index >= 15 is 0 Å². The van der Waals surface area contributed by atoms with Gasteiger partial charge in [0.1, 0.15) is 0 Å². The van der Waals surface area contributed by atoms with Crippen LogP contribution in [-0.2, 0) is 0 Å². The van der Waals surface area contributed by atoms with Crippen molar-refractivity contribution >= 4 is 80.1 Å². The van der Waals surface area contributed by atoms with Crippen molar-refractivity contribution in [1.29, 1.82) is 0 Å². The van der Waals surface area contributed by atoms with Crippen LogP contribution in [0.5, 0.6) is 0 Å². The Labute approximate surface area is 340 Å². The van der Waals surface area contributed by atoms with E-state index in [4.69, 9.17) is 0 Å². The van der Waals surface area contributed by atoms with E-state index in [0.717, 1.165) is 11.4 Å². The summed E-state index contributed by atoms with van der Waals surface area (Å²) in [5, 5.41) is 5.17. The molecule has 0 saturated heterocycles. The summed E-state index contributed by atoms with van der Waals surface area (Å²) in [7, 11) is 0. The standard InChI is InChI=1S/C54H35NS2/c1-2-18-36(19-3-1)37-20-4-5-21-38(37)39-22-6-7-23-40(39)41-24-8-12-31-48(41)55(50-33-17-30-47-44-27-11-15-35-52(44)57-54(47)50)49-32-13-9-25-42(49)45-28-16-29-46-43-26-10-14-34-51(43)56-53(45)46/h1-35H. The Morgan fingerprint density at radius 1 is 0.246 bits per heavy atom. The summed E-state index contributed by atoms with van der Waals surface area (Å²) in [6.45, 7) is 0. The lowest BCUT2D eigenvalue weighted by molar-refractivity contribution is 1.30. The second-order valence-electron chi connectivity index (χ2n) is 14.4.